The molecular formula is C15H23N3O. The van der Waals surface area contributed by atoms with E-state index < -0.39 is 0 Å². The number of nitrogens with one attached hydrogen (secondary N) is 1. The number of aromatic nitrogens is 2. The number of aryl methyl sites for hydroxylation is 1. The molecule has 1 aliphatic carbocycles. The molecule has 1 spiro atoms. The summed E-state index contributed by atoms with van der Waals surface area (Å²) in [6.07, 6.45) is 8.86. The van der Waals surface area contributed by atoms with Crippen molar-refractivity contribution in [2.75, 3.05) is 13.1 Å². The molecule has 1 atom stereocenters. The Balaban J connectivity index is 1.61. The highest BCUT2D eigenvalue weighted by atomic mass is 16.1. The van der Waals surface area contributed by atoms with E-state index in [0.29, 0.717) is 23.5 Å². The summed E-state index contributed by atoms with van der Waals surface area (Å²) in [4.78, 5) is 16.8. The first-order valence-corrected chi connectivity index (χ1v) is 7.48. The Hall–Kier alpha value is -1.16. The molecule has 2 heterocycles. The maximum Gasteiger partial charge on any atom is 0.144 e. The molecular weight excluding hydrogens is 238 g/mol. The highest BCUT2D eigenvalue weighted by Crippen LogP contribution is 2.59. The number of hydrogen-bond donors (Lipinski definition) is 1. The number of piperidine rings is 1. The van der Waals surface area contributed by atoms with Gasteiger partial charge in [0.25, 0.3) is 0 Å². The lowest BCUT2D eigenvalue weighted by molar-refractivity contribution is -0.120. The standard InChI is InChI=1S/C15H23N3O/c1-2-8-18-9-7-17-14(18)10-13(19)12-11-15(12)3-5-16-6-4-15/h7,9,12,16H,2-6,8,10-11H2,1H3. The van der Waals surface area contributed by atoms with Crippen LogP contribution >= 0.6 is 0 Å². The van der Waals surface area contributed by atoms with Gasteiger partial charge in [-0.2, -0.15) is 0 Å². The lowest BCUT2D eigenvalue weighted by atomic mass is 9.90. The van der Waals surface area contributed by atoms with E-state index in [1.807, 2.05) is 12.4 Å². The third kappa shape index (κ3) is 2.46. The highest BCUT2D eigenvalue weighted by Gasteiger charge is 2.57. The Morgan fingerprint density at radius 3 is 3.05 bits per heavy atom. The fourth-order valence-corrected chi connectivity index (χ4v) is 3.51. The molecule has 1 aromatic heterocycles. The van der Waals surface area contributed by atoms with Crippen LogP contribution in [0.3, 0.4) is 0 Å². The van der Waals surface area contributed by atoms with Crippen molar-refractivity contribution in [1.29, 1.82) is 0 Å². The number of carbonyl (C=O) groups is 1. The number of imidazole rings is 1. The van der Waals surface area contributed by atoms with E-state index >= 15 is 0 Å². The van der Waals surface area contributed by atoms with Crippen LogP contribution in [0.2, 0.25) is 0 Å². The zero-order chi connectivity index (χ0) is 13.3. The second kappa shape index (κ2) is 5.08. The minimum Gasteiger partial charge on any atom is -0.335 e. The topological polar surface area (TPSA) is 46.9 Å². The van der Waals surface area contributed by atoms with Gasteiger partial charge in [-0.25, -0.2) is 4.98 Å². The Kier molecular flexibility index (Phi) is 3.44. The van der Waals surface area contributed by atoms with Gasteiger partial charge < -0.3 is 9.88 Å². The minimum atomic E-state index is 0.307. The summed E-state index contributed by atoms with van der Waals surface area (Å²) in [6.45, 7) is 5.27. The highest BCUT2D eigenvalue weighted by molar-refractivity contribution is 5.86. The van der Waals surface area contributed by atoms with Crippen molar-refractivity contribution in [2.45, 2.75) is 45.6 Å². The molecule has 0 amide bonds. The Morgan fingerprint density at radius 1 is 1.53 bits per heavy atom. The van der Waals surface area contributed by atoms with Crippen molar-refractivity contribution in [1.82, 2.24) is 14.9 Å². The smallest absolute Gasteiger partial charge is 0.144 e. The quantitative estimate of drug-likeness (QED) is 0.879. The maximum atomic E-state index is 12.4. The summed E-state index contributed by atoms with van der Waals surface area (Å²) < 4.78 is 2.12. The SMILES string of the molecule is CCCn1ccnc1CC(=O)C1CC12CCNCC2. The first-order valence-electron chi connectivity index (χ1n) is 7.48. The summed E-state index contributed by atoms with van der Waals surface area (Å²) in [7, 11) is 0. The van der Waals surface area contributed by atoms with Gasteiger partial charge in [0.1, 0.15) is 11.6 Å². The lowest BCUT2D eigenvalue weighted by Crippen LogP contribution is -2.31. The van der Waals surface area contributed by atoms with Gasteiger partial charge in [-0.15, -0.1) is 0 Å². The predicted octanol–water partition coefficient (Wildman–Crippen LogP) is 1.79. The summed E-state index contributed by atoms with van der Waals surface area (Å²) in [6, 6.07) is 0. The molecule has 19 heavy (non-hydrogen) atoms. The van der Waals surface area contributed by atoms with E-state index in [1.54, 1.807) is 0 Å². The van der Waals surface area contributed by atoms with Gasteiger partial charge in [0.15, 0.2) is 0 Å². The van der Waals surface area contributed by atoms with Crippen LogP contribution in [0.5, 0.6) is 0 Å². The van der Waals surface area contributed by atoms with Gasteiger partial charge in [-0.3, -0.25) is 4.79 Å². The van der Waals surface area contributed by atoms with E-state index in [4.69, 9.17) is 0 Å². The van der Waals surface area contributed by atoms with Gasteiger partial charge in [0, 0.05) is 24.9 Å². The molecule has 4 heteroatoms. The van der Waals surface area contributed by atoms with Crippen LogP contribution in [-0.2, 0) is 17.8 Å². The van der Waals surface area contributed by atoms with Crippen LogP contribution in [0.1, 0.15) is 38.4 Å². The van der Waals surface area contributed by atoms with E-state index in [9.17, 15) is 4.79 Å². The molecule has 3 rings (SSSR count). The van der Waals surface area contributed by atoms with E-state index in [-0.39, 0.29) is 0 Å². The number of rotatable bonds is 5. The molecule has 0 aromatic carbocycles. The Bertz CT molecular complexity index is 460. The van der Waals surface area contributed by atoms with Crippen LogP contribution in [0.25, 0.3) is 0 Å². The lowest BCUT2D eigenvalue weighted by Gasteiger charge is -2.23. The van der Waals surface area contributed by atoms with Gasteiger partial charge >= 0.3 is 0 Å². The summed E-state index contributed by atoms with van der Waals surface area (Å²) >= 11 is 0. The number of ketones is 1. The third-order valence-electron chi connectivity index (χ3n) is 4.78. The first-order chi connectivity index (χ1) is 9.25. The molecule has 2 fully saturated rings. The number of nitrogens with zero attached hydrogens (tertiary/aromatic N) is 2. The minimum absolute atomic E-state index is 0.307. The molecule has 1 aliphatic heterocycles. The molecule has 1 unspecified atom stereocenters. The fraction of sp³-hybridized carbons (Fsp3) is 0.733. The second-order valence-corrected chi connectivity index (χ2v) is 6.05. The molecule has 0 radical (unpaired) electrons. The number of carbonyl (C=O) groups excluding carboxylic acids is 1. The monoisotopic (exact) mass is 261 g/mol. The van der Waals surface area contributed by atoms with Crippen molar-refractivity contribution in [3.63, 3.8) is 0 Å². The Labute approximate surface area is 114 Å². The van der Waals surface area contributed by atoms with Gasteiger partial charge in [0.2, 0.25) is 0 Å². The molecule has 1 saturated carbocycles. The summed E-state index contributed by atoms with van der Waals surface area (Å²) in [5.74, 6) is 1.66. The number of hydrogen-bond acceptors (Lipinski definition) is 3. The first kappa shape index (κ1) is 12.9. The van der Waals surface area contributed by atoms with Crippen molar-refractivity contribution >= 4 is 5.78 Å². The van der Waals surface area contributed by atoms with E-state index in [1.165, 1.54) is 12.8 Å². The molecule has 2 aliphatic rings. The molecule has 0 bridgehead atoms. The molecule has 104 valence electrons. The van der Waals surface area contributed by atoms with Crippen LogP contribution in [-0.4, -0.2) is 28.4 Å². The van der Waals surface area contributed by atoms with Crippen molar-refractivity contribution in [3.8, 4) is 0 Å². The van der Waals surface area contributed by atoms with Crippen LogP contribution in [0.15, 0.2) is 12.4 Å². The van der Waals surface area contributed by atoms with Crippen molar-refractivity contribution in [2.24, 2.45) is 11.3 Å². The number of Topliss-reactive ketones (excluding diaryl/α,β-unsaturated/α-hetero) is 1. The average molecular weight is 261 g/mol. The second-order valence-electron chi connectivity index (χ2n) is 6.05. The zero-order valence-electron chi connectivity index (χ0n) is 11.7. The molecule has 4 nitrogen and oxygen atoms in total. The van der Waals surface area contributed by atoms with Crippen LogP contribution in [0.4, 0.5) is 0 Å². The summed E-state index contributed by atoms with van der Waals surface area (Å²) in [5.41, 5.74) is 0.352. The third-order valence-corrected chi connectivity index (χ3v) is 4.78. The van der Waals surface area contributed by atoms with Gasteiger partial charge in [-0.1, -0.05) is 6.92 Å². The van der Waals surface area contributed by atoms with E-state index in [0.717, 1.165) is 38.3 Å². The average Bonchev–Trinajstić information content (AvgIpc) is 2.92. The van der Waals surface area contributed by atoms with Crippen LogP contribution in [0, 0.1) is 11.3 Å². The Morgan fingerprint density at radius 2 is 2.32 bits per heavy atom. The van der Waals surface area contributed by atoms with Gasteiger partial charge in [0.05, 0.1) is 6.42 Å². The van der Waals surface area contributed by atoms with Crippen LogP contribution < -0.4 is 5.32 Å². The van der Waals surface area contributed by atoms with Crippen molar-refractivity contribution in [3.05, 3.63) is 18.2 Å². The largest absolute Gasteiger partial charge is 0.335 e. The maximum absolute atomic E-state index is 12.4. The molecule has 1 N–H and O–H groups in total. The van der Waals surface area contributed by atoms with Crippen molar-refractivity contribution < 1.29 is 4.79 Å². The molecule has 1 saturated heterocycles. The summed E-state index contributed by atoms with van der Waals surface area (Å²) in [5, 5.41) is 3.38. The zero-order valence-corrected chi connectivity index (χ0v) is 11.7. The normalized spacial score (nSPS) is 24.6. The fourth-order valence-electron chi connectivity index (χ4n) is 3.51. The predicted molar refractivity (Wildman–Crippen MR) is 73.9 cm³/mol. The van der Waals surface area contributed by atoms with Gasteiger partial charge in [-0.05, 0) is 44.2 Å². The molecule has 1 aromatic rings. The van der Waals surface area contributed by atoms with E-state index in [2.05, 4.69) is 21.8 Å².